The number of anilines is 2. The molecule has 0 aliphatic rings. The van der Waals surface area contributed by atoms with Gasteiger partial charge in [0, 0.05) is 11.3 Å². The van der Waals surface area contributed by atoms with E-state index in [1.54, 1.807) is 18.2 Å². The molecule has 18 heavy (non-hydrogen) atoms. The Bertz CT molecular complexity index is 559. The summed E-state index contributed by atoms with van der Waals surface area (Å²) in [5.74, 6) is -0.270. The second-order valence-electron chi connectivity index (χ2n) is 4.00. The lowest BCUT2D eigenvalue weighted by molar-refractivity contribution is 0.631. The van der Waals surface area contributed by atoms with Gasteiger partial charge in [-0.1, -0.05) is 24.4 Å². The minimum Gasteiger partial charge on any atom is -0.389 e. The van der Waals surface area contributed by atoms with Crippen LogP contribution in [0, 0.1) is 12.7 Å². The first-order chi connectivity index (χ1) is 8.58. The van der Waals surface area contributed by atoms with Crippen molar-refractivity contribution in [1.29, 1.82) is 0 Å². The molecule has 0 atom stereocenters. The summed E-state index contributed by atoms with van der Waals surface area (Å²) in [6, 6.07) is 12.2. The lowest BCUT2D eigenvalue weighted by atomic mass is 10.1. The summed E-state index contributed by atoms with van der Waals surface area (Å²) in [4.78, 5) is 0.351. The highest BCUT2D eigenvalue weighted by molar-refractivity contribution is 7.80. The second kappa shape index (κ2) is 5.14. The lowest BCUT2D eigenvalue weighted by Crippen LogP contribution is -2.08. The van der Waals surface area contributed by atoms with Gasteiger partial charge in [-0.05, 0) is 42.8 Å². The maximum atomic E-state index is 13.6. The van der Waals surface area contributed by atoms with Crippen LogP contribution in [0.2, 0.25) is 0 Å². The number of thiocarbonyl (C=S) groups is 1. The van der Waals surface area contributed by atoms with Gasteiger partial charge in [-0.2, -0.15) is 0 Å². The van der Waals surface area contributed by atoms with Gasteiger partial charge in [0.15, 0.2) is 0 Å². The summed E-state index contributed by atoms with van der Waals surface area (Å²) in [6.45, 7) is 1.86. The van der Waals surface area contributed by atoms with E-state index in [2.05, 4.69) is 5.32 Å². The summed E-state index contributed by atoms with van der Waals surface area (Å²) < 4.78 is 13.6. The van der Waals surface area contributed by atoms with Crippen molar-refractivity contribution in [3.63, 3.8) is 0 Å². The van der Waals surface area contributed by atoms with Crippen LogP contribution in [0.4, 0.5) is 15.8 Å². The molecule has 0 saturated carbocycles. The van der Waals surface area contributed by atoms with Crippen LogP contribution < -0.4 is 11.1 Å². The summed E-state index contributed by atoms with van der Waals surface area (Å²) in [5.41, 5.74) is 8.44. The second-order valence-corrected chi connectivity index (χ2v) is 4.44. The first kappa shape index (κ1) is 12.5. The Morgan fingerprint density at radius 2 is 1.83 bits per heavy atom. The maximum absolute atomic E-state index is 13.6. The first-order valence-electron chi connectivity index (χ1n) is 5.50. The van der Waals surface area contributed by atoms with E-state index in [4.69, 9.17) is 18.0 Å². The number of hydrogen-bond acceptors (Lipinski definition) is 2. The minimum absolute atomic E-state index is 0.270. The van der Waals surface area contributed by atoms with Gasteiger partial charge in [-0.15, -0.1) is 0 Å². The Morgan fingerprint density at radius 1 is 1.17 bits per heavy atom. The monoisotopic (exact) mass is 260 g/mol. The highest BCUT2D eigenvalue weighted by Gasteiger charge is 2.05. The Morgan fingerprint density at radius 3 is 2.39 bits per heavy atom. The lowest BCUT2D eigenvalue weighted by Gasteiger charge is -2.11. The predicted octanol–water partition coefficient (Wildman–Crippen LogP) is 3.51. The third-order valence-corrected chi connectivity index (χ3v) is 2.90. The zero-order chi connectivity index (χ0) is 13.1. The predicted molar refractivity (Wildman–Crippen MR) is 76.7 cm³/mol. The maximum Gasteiger partial charge on any atom is 0.146 e. The topological polar surface area (TPSA) is 38.0 Å². The molecule has 0 aromatic heterocycles. The van der Waals surface area contributed by atoms with E-state index in [1.807, 2.05) is 25.1 Å². The van der Waals surface area contributed by atoms with Gasteiger partial charge in [-0.25, -0.2) is 4.39 Å². The van der Waals surface area contributed by atoms with Crippen LogP contribution in [0.25, 0.3) is 0 Å². The molecule has 0 unspecified atom stereocenters. The van der Waals surface area contributed by atoms with E-state index in [-0.39, 0.29) is 5.82 Å². The van der Waals surface area contributed by atoms with Crippen LogP contribution in [0.15, 0.2) is 42.5 Å². The molecule has 2 aromatic rings. The molecule has 3 N–H and O–H groups in total. The van der Waals surface area contributed by atoms with Gasteiger partial charge in [-0.3, -0.25) is 0 Å². The molecule has 2 aromatic carbocycles. The van der Waals surface area contributed by atoms with Gasteiger partial charge in [0.05, 0.1) is 5.69 Å². The van der Waals surface area contributed by atoms with Crippen LogP contribution in [0.3, 0.4) is 0 Å². The molecule has 0 heterocycles. The van der Waals surface area contributed by atoms with E-state index in [1.165, 1.54) is 6.07 Å². The molecule has 0 amide bonds. The first-order valence-corrected chi connectivity index (χ1v) is 5.91. The third kappa shape index (κ3) is 2.65. The zero-order valence-corrected chi connectivity index (χ0v) is 10.7. The molecule has 92 valence electrons. The number of aryl methyl sites for hydroxylation is 1. The number of nitrogens with two attached hydrogens (primary N) is 1. The van der Waals surface area contributed by atoms with Crippen LogP contribution in [0.5, 0.6) is 0 Å². The molecule has 0 saturated heterocycles. The molecule has 0 aliphatic carbocycles. The van der Waals surface area contributed by atoms with E-state index in [0.29, 0.717) is 10.7 Å². The molecule has 0 fully saturated rings. The fourth-order valence-electron chi connectivity index (χ4n) is 1.65. The number of nitrogens with one attached hydrogen (secondary N) is 1. The van der Waals surface area contributed by atoms with E-state index in [0.717, 1.165) is 16.8 Å². The van der Waals surface area contributed by atoms with Crippen molar-refractivity contribution in [2.24, 2.45) is 5.73 Å². The molecule has 4 heteroatoms. The number of rotatable bonds is 3. The Balaban J connectivity index is 2.26. The van der Waals surface area contributed by atoms with Crippen molar-refractivity contribution in [3.05, 3.63) is 59.4 Å². The molecule has 2 nitrogen and oxygen atoms in total. The standard InChI is InChI=1S/C14H13FN2S/c1-9-3-2-4-12(15)13(9)17-11-7-5-10(6-8-11)14(16)18/h2-8,17H,1H3,(H2,16,18). The fourth-order valence-corrected chi connectivity index (χ4v) is 1.79. The average molecular weight is 260 g/mol. The van der Waals surface area contributed by atoms with Crippen molar-refractivity contribution in [2.45, 2.75) is 6.92 Å². The fraction of sp³-hybridized carbons (Fsp3) is 0.0714. The summed E-state index contributed by atoms with van der Waals surface area (Å²) in [6.07, 6.45) is 0. The SMILES string of the molecule is Cc1cccc(F)c1Nc1ccc(C(N)=S)cc1. The summed E-state index contributed by atoms with van der Waals surface area (Å²) >= 11 is 4.87. The number of benzene rings is 2. The molecule has 2 rings (SSSR count). The number of para-hydroxylation sites is 1. The number of halogens is 1. The molecule has 0 radical (unpaired) electrons. The van der Waals surface area contributed by atoms with Gasteiger partial charge >= 0.3 is 0 Å². The summed E-state index contributed by atoms with van der Waals surface area (Å²) in [5, 5.41) is 3.05. The van der Waals surface area contributed by atoms with Crippen molar-refractivity contribution >= 4 is 28.6 Å². The van der Waals surface area contributed by atoms with Crippen LogP contribution in [0.1, 0.15) is 11.1 Å². The van der Waals surface area contributed by atoms with Gasteiger partial charge < -0.3 is 11.1 Å². The zero-order valence-electron chi connectivity index (χ0n) is 9.91. The van der Waals surface area contributed by atoms with E-state index >= 15 is 0 Å². The molecule has 0 aliphatic heterocycles. The van der Waals surface area contributed by atoms with Gasteiger partial charge in [0.2, 0.25) is 0 Å². The Labute approximate surface area is 111 Å². The van der Waals surface area contributed by atoms with E-state index in [9.17, 15) is 4.39 Å². The third-order valence-electron chi connectivity index (χ3n) is 2.66. The largest absolute Gasteiger partial charge is 0.389 e. The van der Waals surface area contributed by atoms with E-state index < -0.39 is 0 Å². The van der Waals surface area contributed by atoms with Gasteiger partial charge in [0.1, 0.15) is 10.8 Å². The summed E-state index contributed by atoms with van der Waals surface area (Å²) in [7, 11) is 0. The molecule has 0 bridgehead atoms. The highest BCUT2D eigenvalue weighted by atomic mass is 32.1. The van der Waals surface area contributed by atoms with Crippen LogP contribution in [-0.4, -0.2) is 4.99 Å². The van der Waals surface area contributed by atoms with Crippen molar-refractivity contribution in [3.8, 4) is 0 Å². The Kier molecular flexibility index (Phi) is 3.58. The number of hydrogen-bond donors (Lipinski definition) is 2. The smallest absolute Gasteiger partial charge is 0.146 e. The molecular weight excluding hydrogens is 247 g/mol. The van der Waals surface area contributed by atoms with Gasteiger partial charge in [0.25, 0.3) is 0 Å². The highest BCUT2D eigenvalue weighted by Crippen LogP contribution is 2.23. The van der Waals surface area contributed by atoms with Crippen molar-refractivity contribution in [1.82, 2.24) is 0 Å². The quantitative estimate of drug-likeness (QED) is 0.829. The van der Waals surface area contributed by atoms with Crippen LogP contribution in [-0.2, 0) is 0 Å². The van der Waals surface area contributed by atoms with Crippen molar-refractivity contribution in [2.75, 3.05) is 5.32 Å². The van der Waals surface area contributed by atoms with Crippen molar-refractivity contribution < 1.29 is 4.39 Å². The average Bonchev–Trinajstić information content (AvgIpc) is 2.34. The molecule has 0 spiro atoms. The molecular formula is C14H13FN2S. The normalized spacial score (nSPS) is 10.1. The Hall–Kier alpha value is -1.94. The van der Waals surface area contributed by atoms with Crippen LogP contribution >= 0.6 is 12.2 Å². The minimum atomic E-state index is -0.270.